The van der Waals surface area contributed by atoms with Gasteiger partial charge in [0, 0.05) is 48.2 Å². The molecule has 0 radical (unpaired) electrons. The van der Waals surface area contributed by atoms with Crippen molar-refractivity contribution in [1.82, 2.24) is 20.2 Å². The average molecular weight is 701 g/mol. The first kappa shape index (κ1) is 38.1. The van der Waals surface area contributed by atoms with Gasteiger partial charge in [-0.05, 0) is 86.2 Å². The third-order valence-corrected chi connectivity index (χ3v) is 12.3. The number of hydrogen-bond acceptors (Lipinski definition) is 7. The number of fused-ring (bicyclic) bond motifs is 2. The number of rotatable bonds is 14. The van der Waals surface area contributed by atoms with E-state index in [2.05, 4.69) is 61.9 Å². The number of halogens is 2. The number of nitrogens with zero attached hydrogens (tertiary/aromatic N) is 3. The van der Waals surface area contributed by atoms with Crippen molar-refractivity contribution in [3.8, 4) is 0 Å². The zero-order valence-electron chi connectivity index (χ0n) is 30.6. The number of likely N-dealkylation sites (N-methyl/N-ethyl adjacent to an activating group) is 1. The fourth-order valence-corrected chi connectivity index (χ4v) is 9.25. The van der Waals surface area contributed by atoms with Crippen LogP contribution in [0.15, 0.2) is 42.5 Å². The van der Waals surface area contributed by atoms with Crippen molar-refractivity contribution in [3.63, 3.8) is 0 Å². The maximum atomic E-state index is 15.0. The Hall–Kier alpha value is -2.11. The third kappa shape index (κ3) is 8.19. The van der Waals surface area contributed by atoms with Crippen LogP contribution in [0.4, 0.5) is 4.39 Å². The Kier molecular flexibility index (Phi) is 12.2. The summed E-state index contributed by atoms with van der Waals surface area (Å²) in [6.07, 6.45) is 0.614. The first-order chi connectivity index (χ1) is 23.1. The molecule has 272 valence electrons. The standard InChI is InChI=1S/C39H58ClFN4O4/c1-23(2)34(21-43(7)8)44(20-29-31(40)13-10-14-32(29)41)18-26-11-9-12-27(15-26)19-45-37(36(25(4)47)35(22-46)49-45)38(48)42-33-17-28-16-30(24(33)3)39(28,5)6/h9-15,23-25,28,30,33-37,46-47H,16-22H2,1-8H3,(H,42,48)/t24-,25+,28+,30+,33+,34-,35+,36-,37+/m1/s1. The van der Waals surface area contributed by atoms with Crippen molar-refractivity contribution in [2.45, 2.75) is 104 Å². The summed E-state index contributed by atoms with van der Waals surface area (Å²) in [5.74, 6) is 0.766. The number of hydrogen-bond donors (Lipinski definition) is 3. The highest BCUT2D eigenvalue weighted by atomic mass is 35.5. The van der Waals surface area contributed by atoms with Gasteiger partial charge in [-0.2, -0.15) is 5.06 Å². The molecule has 4 fully saturated rings. The summed E-state index contributed by atoms with van der Waals surface area (Å²) in [6.45, 7) is 14.7. The molecule has 3 aliphatic carbocycles. The fourth-order valence-electron chi connectivity index (χ4n) is 9.02. The molecule has 9 atom stereocenters. The lowest BCUT2D eigenvalue weighted by Crippen LogP contribution is -2.62. The van der Waals surface area contributed by atoms with Gasteiger partial charge < -0.3 is 20.4 Å². The van der Waals surface area contributed by atoms with Crippen LogP contribution < -0.4 is 5.32 Å². The van der Waals surface area contributed by atoms with E-state index in [1.165, 1.54) is 12.5 Å². The van der Waals surface area contributed by atoms with Crippen LogP contribution in [0.5, 0.6) is 0 Å². The first-order valence-corrected chi connectivity index (χ1v) is 18.4. The van der Waals surface area contributed by atoms with Crippen molar-refractivity contribution in [2.24, 2.45) is 35.0 Å². The molecule has 1 amide bonds. The van der Waals surface area contributed by atoms with E-state index < -0.39 is 24.2 Å². The lowest BCUT2D eigenvalue weighted by molar-refractivity contribution is -0.183. The van der Waals surface area contributed by atoms with Crippen molar-refractivity contribution in [2.75, 3.05) is 27.2 Å². The number of nitrogens with one attached hydrogen (secondary N) is 1. The van der Waals surface area contributed by atoms with Gasteiger partial charge in [0.1, 0.15) is 18.0 Å². The smallest absolute Gasteiger partial charge is 0.240 e. The topological polar surface area (TPSA) is 88.5 Å². The minimum Gasteiger partial charge on any atom is -0.394 e. The van der Waals surface area contributed by atoms with Crippen molar-refractivity contribution >= 4 is 17.5 Å². The third-order valence-electron chi connectivity index (χ3n) is 12.0. The molecule has 3 saturated carbocycles. The number of aliphatic hydroxyl groups excluding tert-OH is 2. The fraction of sp³-hybridized carbons (Fsp3) is 0.667. The number of benzene rings is 2. The van der Waals surface area contributed by atoms with Crippen LogP contribution in [0.1, 0.15) is 71.1 Å². The molecule has 0 aromatic heterocycles. The molecule has 49 heavy (non-hydrogen) atoms. The van der Waals surface area contributed by atoms with E-state index in [1.54, 1.807) is 24.1 Å². The van der Waals surface area contributed by atoms with Crippen LogP contribution in [0.25, 0.3) is 0 Å². The van der Waals surface area contributed by atoms with Crippen LogP contribution in [0.3, 0.4) is 0 Å². The van der Waals surface area contributed by atoms with Crippen molar-refractivity contribution in [1.29, 1.82) is 0 Å². The highest BCUT2D eigenvalue weighted by molar-refractivity contribution is 6.31. The van der Waals surface area contributed by atoms with Gasteiger partial charge in [0.25, 0.3) is 0 Å². The van der Waals surface area contributed by atoms with E-state index in [9.17, 15) is 15.0 Å². The number of amides is 1. The van der Waals surface area contributed by atoms with Crippen molar-refractivity contribution in [3.05, 3.63) is 70.0 Å². The molecule has 0 spiro atoms. The molecule has 1 saturated heterocycles. The summed E-state index contributed by atoms with van der Waals surface area (Å²) in [5.41, 5.74) is 2.76. The summed E-state index contributed by atoms with van der Waals surface area (Å²) in [6, 6.07) is 12.4. The van der Waals surface area contributed by atoms with Gasteiger partial charge in [0.2, 0.25) is 5.91 Å². The van der Waals surface area contributed by atoms with E-state index in [4.69, 9.17) is 16.4 Å². The maximum Gasteiger partial charge on any atom is 0.240 e. The molecular formula is C39H58ClFN4O4. The summed E-state index contributed by atoms with van der Waals surface area (Å²) in [4.78, 5) is 24.8. The van der Waals surface area contributed by atoms with Crippen LogP contribution in [-0.4, -0.2) is 88.6 Å². The van der Waals surface area contributed by atoms with Gasteiger partial charge in [0.05, 0.1) is 19.3 Å². The largest absolute Gasteiger partial charge is 0.394 e. The van der Waals surface area contributed by atoms with E-state index in [0.29, 0.717) is 59.3 Å². The molecule has 2 bridgehead atoms. The Morgan fingerprint density at radius 3 is 2.41 bits per heavy atom. The van der Waals surface area contributed by atoms with Gasteiger partial charge in [-0.3, -0.25) is 14.5 Å². The minimum absolute atomic E-state index is 0.0716. The Balaban J connectivity index is 1.37. The molecule has 2 aromatic rings. The second-order valence-electron chi connectivity index (χ2n) is 16.2. The minimum atomic E-state index is -0.858. The second-order valence-corrected chi connectivity index (χ2v) is 16.6. The van der Waals surface area contributed by atoms with Gasteiger partial charge in [-0.25, -0.2) is 4.39 Å². The summed E-state index contributed by atoms with van der Waals surface area (Å²) in [5, 5.41) is 26.5. The lowest BCUT2D eigenvalue weighted by atomic mass is 9.45. The average Bonchev–Trinajstić information content (AvgIpc) is 3.40. The summed E-state index contributed by atoms with van der Waals surface area (Å²) >= 11 is 6.51. The van der Waals surface area contributed by atoms with Crippen LogP contribution in [0, 0.1) is 40.8 Å². The molecule has 4 aliphatic rings. The molecule has 10 heteroatoms. The number of aliphatic hydroxyl groups is 2. The van der Waals surface area contributed by atoms with E-state index in [1.807, 2.05) is 26.2 Å². The van der Waals surface area contributed by atoms with Gasteiger partial charge >= 0.3 is 0 Å². The highest BCUT2D eigenvalue weighted by Gasteiger charge is 2.57. The van der Waals surface area contributed by atoms with E-state index in [-0.39, 0.29) is 30.4 Å². The summed E-state index contributed by atoms with van der Waals surface area (Å²) < 4.78 is 15.0. The molecule has 6 rings (SSSR count). The normalized spacial score (nSPS) is 29.3. The van der Waals surface area contributed by atoms with Gasteiger partial charge in [0.15, 0.2) is 0 Å². The Morgan fingerprint density at radius 2 is 1.82 bits per heavy atom. The molecule has 1 heterocycles. The molecule has 8 nitrogen and oxygen atoms in total. The Bertz CT molecular complexity index is 1420. The SMILES string of the molecule is CC(C)[C@@H](CN(C)C)N(Cc1cccc(CN2O[C@@H](CO)[C@@H]([C@H](C)O)[C@H]2C(=O)N[C@H]2C[C@@H]3C[C@@H]([C@H]2C)C3(C)C)c1)Cc1c(F)cccc1Cl. The van der Waals surface area contributed by atoms with Crippen molar-refractivity contribution < 1.29 is 24.2 Å². The van der Waals surface area contributed by atoms with Gasteiger partial charge in [-0.1, -0.05) is 76.6 Å². The van der Waals surface area contributed by atoms with E-state index >= 15 is 4.39 Å². The second kappa shape index (κ2) is 15.6. The molecule has 2 aromatic carbocycles. The van der Waals surface area contributed by atoms with Crippen LogP contribution in [0.2, 0.25) is 5.02 Å². The molecule has 1 aliphatic heterocycles. The predicted octanol–water partition coefficient (Wildman–Crippen LogP) is 5.73. The maximum absolute atomic E-state index is 15.0. The summed E-state index contributed by atoms with van der Waals surface area (Å²) in [7, 11) is 4.09. The van der Waals surface area contributed by atoms with Gasteiger partial charge in [-0.15, -0.1) is 0 Å². The quantitative estimate of drug-likeness (QED) is 0.232. The van der Waals surface area contributed by atoms with Crippen LogP contribution >= 0.6 is 11.6 Å². The molecule has 3 N–H and O–H groups in total. The predicted molar refractivity (Wildman–Crippen MR) is 192 cm³/mol. The zero-order valence-corrected chi connectivity index (χ0v) is 31.3. The molecular weight excluding hydrogens is 643 g/mol. The Labute approximate surface area is 297 Å². The zero-order chi connectivity index (χ0) is 35.8. The monoisotopic (exact) mass is 700 g/mol. The number of carbonyl (C=O) groups is 1. The lowest BCUT2D eigenvalue weighted by Gasteiger charge is -2.62. The van der Waals surface area contributed by atoms with E-state index in [0.717, 1.165) is 24.1 Å². The number of carbonyl (C=O) groups excluding carboxylic acids is 1. The van der Waals surface area contributed by atoms with Crippen LogP contribution in [-0.2, 0) is 29.3 Å². The highest BCUT2D eigenvalue weighted by Crippen LogP contribution is 2.61. The molecule has 0 unspecified atom stereocenters. The first-order valence-electron chi connectivity index (χ1n) is 18.0. The number of hydroxylamine groups is 2. The Morgan fingerprint density at radius 1 is 1.12 bits per heavy atom.